The highest BCUT2D eigenvalue weighted by molar-refractivity contribution is 7.80. The zero-order valence-corrected chi connectivity index (χ0v) is 11.0. The molecule has 84 valence electrons. The lowest BCUT2D eigenvalue weighted by molar-refractivity contribution is 0.830. The number of hydrogen-bond donors (Lipinski definition) is 1. The van der Waals surface area contributed by atoms with Gasteiger partial charge in [0.05, 0.1) is 10.7 Å². The highest BCUT2D eigenvalue weighted by atomic mass is 32.1. The Balaban J connectivity index is 2.69. The second-order valence-corrected chi connectivity index (χ2v) is 5.14. The second-order valence-electron chi connectivity index (χ2n) is 3.43. The summed E-state index contributed by atoms with van der Waals surface area (Å²) >= 11 is 6.61. The number of nitrogens with zero attached hydrogens (tertiary/aromatic N) is 2. The van der Waals surface area contributed by atoms with E-state index in [1.54, 1.807) is 11.3 Å². The van der Waals surface area contributed by atoms with E-state index < -0.39 is 0 Å². The number of rotatable bonds is 5. The second kappa shape index (κ2) is 5.42. The number of nitrogens with two attached hydrogens (primary N) is 1. The molecule has 5 heteroatoms. The summed E-state index contributed by atoms with van der Waals surface area (Å²) in [6.45, 7) is 8.05. The molecule has 0 aromatic carbocycles. The zero-order chi connectivity index (χ0) is 11.4. The molecule has 0 fully saturated rings. The molecular weight excluding hydrogens is 226 g/mol. The van der Waals surface area contributed by atoms with Crippen molar-refractivity contribution in [3.63, 3.8) is 0 Å². The van der Waals surface area contributed by atoms with E-state index >= 15 is 0 Å². The van der Waals surface area contributed by atoms with Gasteiger partial charge in [-0.2, -0.15) is 0 Å². The minimum Gasteiger partial charge on any atom is -0.393 e. The maximum absolute atomic E-state index is 5.50. The molecule has 0 amide bonds. The molecule has 1 aromatic heterocycles. The Morgan fingerprint density at radius 1 is 1.53 bits per heavy atom. The molecule has 2 N–H and O–H groups in total. The monoisotopic (exact) mass is 243 g/mol. The van der Waals surface area contributed by atoms with E-state index in [1.807, 2.05) is 6.92 Å². The van der Waals surface area contributed by atoms with Gasteiger partial charge in [0.25, 0.3) is 0 Å². The summed E-state index contributed by atoms with van der Waals surface area (Å²) in [6, 6.07) is 0. The van der Waals surface area contributed by atoms with Crippen molar-refractivity contribution >= 4 is 33.7 Å². The molecule has 0 bridgehead atoms. The first kappa shape index (κ1) is 12.4. The van der Waals surface area contributed by atoms with Crippen molar-refractivity contribution in [3.05, 3.63) is 10.6 Å². The molecule has 1 aromatic rings. The van der Waals surface area contributed by atoms with Crippen molar-refractivity contribution in [2.24, 2.45) is 5.73 Å². The Morgan fingerprint density at radius 2 is 2.20 bits per heavy atom. The predicted molar refractivity (Wildman–Crippen MR) is 70.9 cm³/mol. The van der Waals surface area contributed by atoms with Crippen LogP contribution in [-0.2, 0) is 0 Å². The largest absolute Gasteiger partial charge is 0.393 e. The minimum absolute atomic E-state index is 0.568. The van der Waals surface area contributed by atoms with Gasteiger partial charge in [-0.1, -0.05) is 12.2 Å². The average molecular weight is 243 g/mol. The Bertz CT molecular complexity index is 327. The van der Waals surface area contributed by atoms with Crippen LogP contribution >= 0.6 is 23.6 Å². The molecule has 0 radical (unpaired) electrons. The Kier molecular flexibility index (Phi) is 4.47. The van der Waals surface area contributed by atoms with Crippen LogP contribution in [0.15, 0.2) is 0 Å². The Morgan fingerprint density at radius 3 is 2.60 bits per heavy atom. The van der Waals surface area contributed by atoms with Gasteiger partial charge in [0, 0.05) is 24.4 Å². The Labute approximate surface area is 100 Å². The lowest BCUT2D eigenvalue weighted by atomic mass is 10.4. The fourth-order valence-corrected chi connectivity index (χ4v) is 2.32. The normalized spacial score (nSPS) is 10.3. The highest BCUT2D eigenvalue weighted by Gasteiger charge is 2.10. The number of aromatic nitrogens is 1. The van der Waals surface area contributed by atoms with Gasteiger partial charge in [-0.25, -0.2) is 4.98 Å². The maximum Gasteiger partial charge on any atom is 0.185 e. The molecule has 1 heterocycles. The van der Waals surface area contributed by atoms with Crippen LogP contribution in [0.4, 0.5) is 5.13 Å². The average Bonchev–Trinajstić information content (AvgIpc) is 2.47. The molecule has 3 nitrogen and oxygen atoms in total. The van der Waals surface area contributed by atoms with E-state index in [4.69, 9.17) is 18.0 Å². The molecular formula is C10H17N3S2. The van der Waals surface area contributed by atoms with Crippen LogP contribution in [0.3, 0.4) is 0 Å². The molecule has 1 rings (SSSR count). The number of anilines is 1. The van der Waals surface area contributed by atoms with Gasteiger partial charge in [0.1, 0.15) is 0 Å². The van der Waals surface area contributed by atoms with Crippen molar-refractivity contribution in [1.29, 1.82) is 0 Å². The first-order valence-corrected chi connectivity index (χ1v) is 6.24. The van der Waals surface area contributed by atoms with Crippen molar-refractivity contribution < 1.29 is 0 Å². The van der Waals surface area contributed by atoms with Gasteiger partial charge in [-0.05, 0) is 20.8 Å². The van der Waals surface area contributed by atoms with E-state index in [-0.39, 0.29) is 0 Å². The number of thiazole rings is 1. The molecule has 0 atom stereocenters. The van der Waals surface area contributed by atoms with Gasteiger partial charge in [0.2, 0.25) is 0 Å². The summed E-state index contributed by atoms with van der Waals surface area (Å²) in [5.74, 6) is 0. The van der Waals surface area contributed by atoms with Crippen LogP contribution in [0.1, 0.15) is 23.9 Å². The van der Waals surface area contributed by atoms with Crippen molar-refractivity contribution in [1.82, 2.24) is 4.98 Å². The zero-order valence-electron chi connectivity index (χ0n) is 9.41. The molecule has 0 unspecified atom stereocenters. The fraction of sp³-hybridized carbons (Fsp3) is 0.600. The summed E-state index contributed by atoms with van der Waals surface area (Å²) in [5, 5.41) is 1.07. The van der Waals surface area contributed by atoms with Gasteiger partial charge in [-0.3, -0.25) is 0 Å². The lowest BCUT2D eigenvalue weighted by Gasteiger charge is -2.19. The fourth-order valence-electron chi connectivity index (χ4n) is 1.23. The molecule has 0 aliphatic rings. The minimum atomic E-state index is 0.568. The van der Waals surface area contributed by atoms with E-state index in [0.29, 0.717) is 4.99 Å². The first-order valence-electron chi connectivity index (χ1n) is 5.01. The van der Waals surface area contributed by atoms with E-state index in [9.17, 15) is 0 Å². The van der Waals surface area contributed by atoms with Gasteiger partial charge < -0.3 is 10.6 Å². The quantitative estimate of drug-likeness (QED) is 0.806. The molecule has 0 spiro atoms. The predicted octanol–water partition coefficient (Wildman–Crippen LogP) is 2.26. The highest BCUT2D eigenvalue weighted by Crippen LogP contribution is 2.24. The van der Waals surface area contributed by atoms with Gasteiger partial charge in [0.15, 0.2) is 5.13 Å². The standard InChI is InChI=1S/C10H17N3S2/c1-4-13(6-5-9(11)14)10-12-7(2)8(3)15-10/h4-6H2,1-3H3,(H2,11,14). The smallest absolute Gasteiger partial charge is 0.185 e. The summed E-state index contributed by atoms with van der Waals surface area (Å²) < 4.78 is 0. The third-order valence-corrected chi connectivity index (χ3v) is 3.64. The van der Waals surface area contributed by atoms with Crippen molar-refractivity contribution in [3.8, 4) is 0 Å². The van der Waals surface area contributed by atoms with Gasteiger partial charge in [-0.15, -0.1) is 11.3 Å². The van der Waals surface area contributed by atoms with Crippen LogP contribution in [0, 0.1) is 13.8 Å². The topological polar surface area (TPSA) is 42.1 Å². The van der Waals surface area contributed by atoms with Crippen LogP contribution in [0.25, 0.3) is 0 Å². The van der Waals surface area contributed by atoms with Crippen LogP contribution < -0.4 is 10.6 Å². The number of thiocarbonyl (C=S) groups is 1. The van der Waals surface area contributed by atoms with Crippen LogP contribution in [0.2, 0.25) is 0 Å². The number of aryl methyl sites for hydroxylation is 2. The molecule has 0 saturated carbocycles. The third-order valence-electron chi connectivity index (χ3n) is 2.30. The number of hydrogen-bond acceptors (Lipinski definition) is 4. The first-order chi connectivity index (χ1) is 7.04. The summed E-state index contributed by atoms with van der Waals surface area (Å²) in [6.07, 6.45) is 0.751. The van der Waals surface area contributed by atoms with Crippen LogP contribution in [-0.4, -0.2) is 23.1 Å². The van der Waals surface area contributed by atoms with Crippen LogP contribution in [0.5, 0.6) is 0 Å². The van der Waals surface area contributed by atoms with Crippen molar-refractivity contribution in [2.45, 2.75) is 27.2 Å². The molecule has 0 saturated heterocycles. The summed E-state index contributed by atoms with van der Waals surface area (Å²) in [5.41, 5.74) is 6.61. The van der Waals surface area contributed by atoms with Crippen molar-refractivity contribution in [2.75, 3.05) is 18.0 Å². The van der Waals surface area contributed by atoms with E-state index in [2.05, 4.69) is 23.7 Å². The molecule has 0 aliphatic heterocycles. The molecule has 0 aliphatic carbocycles. The Hall–Kier alpha value is -0.680. The maximum atomic E-state index is 5.50. The summed E-state index contributed by atoms with van der Waals surface area (Å²) in [7, 11) is 0. The van der Waals surface area contributed by atoms with E-state index in [1.165, 1.54) is 4.88 Å². The molecule has 15 heavy (non-hydrogen) atoms. The van der Waals surface area contributed by atoms with E-state index in [0.717, 1.165) is 30.3 Å². The third kappa shape index (κ3) is 3.43. The SMILES string of the molecule is CCN(CCC(N)=S)c1nc(C)c(C)s1. The lowest BCUT2D eigenvalue weighted by Crippen LogP contribution is -2.27. The summed E-state index contributed by atoms with van der Waals surface area (Å²) in [4.78, 5) is 8.58. The van der Waals surface area contributed by atoms with Gasteiger partial charge >= 0.3 is 0 Å².